The molecule has 138 valence electrons. The maximum absolute atomic E-state index is 13.2. The Morgan fingerprint density at radius 2 is 2.00 bits per heavy atom. The van der Waals surface area contributed by atoms with Gasteiger partial charge >= 0.3 is 0 Å². The van der Waals surface area contributed by atoms with Gasteiger partial charge in [-0.25, -0.2) is 4.39 Å². The second-order valence-corrected chi connectivity index (χ2v) is 7.42. The highest BCUT2D eigenvalue weighted by Crippen LogP contribution is 2.26. The van der Waals surface area contributed by atoms with Gasteiger partial charge in [-0.1, -0.05) is 18.6 Å². The third-order valence-electron chi connectivity index (χ3n) is 4.66. The van der Waals surface area contributed by atoms with Gasteiger partial charge in [0.15, 0.2) is 5.82 Å². The zero-order chi connectivity index (χ0) is 18.8. The molecule has 4 rings (SSSR count). The van der Waals surface area contributed by atoms with Crippen molar-refractivity contribution < 1.29 is 9.18 Å². The monoisotopic (exact) mass is 428 g/mol. The third-order valence-corrected chi connectivity index (χ3v) is 5.32. The van der Waals surface area contributed by atoms with Crippen LogP contribution in [-0.2, 0) is 13.0 Å². The first-order valence-electron chi connectivity index (χ1n) is 8.91. The lowest BCUT2D eigenvalue weighted by Crippen LogP contribution is -2.12. The van der Waals surface area contributed by atoms with Crippen molar-refractivity contribution in [3.05, 3.63) is 64.1 Å². The molecule has 1 amide bonds. The Labute approximate surface area is 164 Å². The molecule has 1 aromatic heterocycles. The highest BCUT2D eigenvalue weighted by Gasteiger charge is 2.17. The Balaban J connectivity index is 1.60. The molecule has 0 aliphatic carbocycles. The largest absolute Gasteiger partial charge is 0.322 e. The van der Waals surface area contributed by atoms with Crippen LogP contribution in [0.15, 0.2) is 46.9 Å². The summed E-state index contributed by atoms with van der Waals surface area (Å²) in [6, 6.07) is 11.5. The lowest BCUT2D eigenvalue weighted by atomic mass is 10.1. The van der Waals surface area contributed by atoms with Crippen LogP contribution in [0.4, 0.5) is 10.1 Å². The standard InChI is InChI=1S/C20H18BrFN4O/c21-17-12-14(22)8-9-16(17)20(27)23-15-6-4-5-13(11-15)19-25-24-18-7-2-1-3-10-26(18)19/h4-6,8-9,11-12H,1-3,7,10H2,(H,23,27). The van der Waals surface area contributed by atoms with Gasteiger partial charge in [0, 0.05) is 28.7 Å². The summed E-state index contributed by atoms with van der Waals surface area (Å²) in [5.41, 5.74) is 1.93. The topological polar surface area (TPSA) is 59.8 Å². The summed E-state index contributed by atoms with van der Waals surface area (Å²) < 4.78 is 15.8. The molecule has 3 aromatic rings. The van der Waals surface area contributed by atoms with Crippen LogP contribution in [0.5, 0.6) is 0 Å². The quantitative estimate of drug-likeness (QED) is 0.649. The van der Waals surface area contributed by atoms with Crippen molar-refractivity contribution in [3.63, 3.8) is 0 Å². The van der Waals surface area contributed by atoms with Gasteiger partial charge in [0.25, 0.3) is 5.91 Å². The average Bonchev–Trinajstić information content (AvgIpc) is 2.90. The SMILES string of the molecule is O=C(Nc1cccc(-c2nnc3n2CCCCC3)c1)c1ccc(F)cc1Br. The van der Waals surface area contributed by atoms with E-state index in [4.69, 9.17) is 0 Å². The molecule has 2 heterocycles. The van der Waals surface area contributed by atoms with E-state index in [-0.39, 0.29) is 5.91 Å². The molecule has 5 nitrogen and oxygen atoms in total. The van der Waals surface area contributed by atoms with E-state index in [1.807, 2.05) is 24.3 Å². The summed E-state index contributed by atoms with van der Waals surface area (Å²) in [5.74, 6) is 1.14. The first-order valence-corrected chi connectivity index (χ1v) is 9.70. The van der Waals surface area contributed by atoms with Gasteiger partial charge < -0.3 is 9.88 Å². The molecule has 0 atom stereocenters. The smallest absolute Gasteiger partial charge is 0.256 e. The number of carbonyl (C=O) groups excluding carboxylic acids is 1. The van der Waals surface area contributed by atoms with Gasteiger partial charge in [-0.05, 0) is 59.1 Å². The molecular formula is C20H18BrFN4O. The minimum atomic E-state index is -0.395. The molecule has 1 aliphatic rings. The molecule has 2 aromatic carbocycles. The minimum absolute atomic E-state index is 0.306. The molecule has 0 saturated heterocycles. The summed E-state index contributed by atoms with van der Waals surface area (Å²) >= 11 is 3.23. The number of benzene rings is 2. The fourth-order valence-corrected chi connectivity index (χ4v) is 3.84. The molecule has 0 fully saturated rings. The predicted octanol–water partition coefficient (Wildman–Crippen LogP) is 4.83. The highest BCUT2D eigenvalue weighted by atomic mass is 79.9. The Hall–Kier alpha value is -2.54. The van der Waals surface area contributed by atoms with E-state index in [1.165, 1.54) is 24.6 Å². The number of aromatic nitrogens is 3. The summed E-state index contributed by atoms with van der Waals surface area (Å²) in [6.45, 7) is 0.913. The summed E-state index contributed by atoms with van der Waals surface area (Å²) in [7, 11) is 0. The number of fused-ring (bicyclic) bond motifs is 1. The van der Waals surface area contributed by atoms with E-state index in [0.717, 1.165) is 43.0 Å². The van der Waals surface area contributed by atoms with Crippen molar-refractivity contribution in [2.24, 2.45) is 0 Å². The number of rotatable bonds is 3. The number of halogens is 2. The molecule has 0 unspecified atom stereocenters. The zero-order valence-electron chi connectivity index (χ0n) is 14.6. The minimum Gasteiger partial charge on any atom is -0.322 e. The first-order chi connectivity index (χ1) is 13.1. The summed E-state index contributed by atoms with van der Waals surface area (Å²) in [5, 5.41) is 11.6. The molecule has 0 saturated carbocycles. The summed E-state index contributed by atoms with van der Waals surface area (Å²) in [4.78, 5) is 12.5. The fourth-order valence-electron chi connectivity index (χ4n) is 3.31. The van der Waals surface area contributed by atoms with E-state index in [2.05, 4.69) is 36.0 Å². The molecular weight excluding hydrogens is 411 g/mol. The Bertz CT molecular complexity index is 1000. The lowest BCUT2D eigenvalue weighted by molar-refractivity contribution is 0.102. The third kappa shape index (κ3) is 3.78. The first kappa shape index (κ1) is 17.9. The average molecular weight is 429 g/mol. The Morgan fingerprint density at radius 1 is 1.11 bits per heavy atom. The molecule has 0 bridgehead atoms. The normalized spacial score (nSPS) is 13.7. The summed E-state index contributed by atoms with van der Waals surface area (Å²) in [6.07, 6.45) is 4.40. The number of aryl methyl sites for hydroxylation is 1. The molecule has 1 aliphatic heterocycles. The van der Waals surface area contributed by atoms with Crippen LogP contribution < -0.4 is 5.32 Å². The van der Waals surface area contributed by atoms with Crippen LogP contribution in [0.3, 0.4) is 0 Å². The zero-order valence-corrected chi connectivity index (χ0v) is 16.2. The number of nitrogens with zero attached hydrogens (tertiary/aromatic N) is 3. The van der Waals surface area contributed by atoms with E-state index in [1.54, 1.807) is 0 Å². The molecule has 27 heavy (non-hydrogen) atoms. The van der Waals surface area contributed by atoms with Gasteiger partial charge in [0.1, 0.15) is 11.6 Å². The van der Waals surface area contributed by atoms with Gasteiger partial charge in [-0.15, -0.1) is 10.2 Å². The molecule has 7 heteroatoms. The van der Waals surface area contributed by atoms with Crippen molar-refractivity contribution in [1.29, 1.82) is 0 Å². The number of hydrogen-bond donors (Lipinski definition) is 1. The van der Waals surface area contributed by atoms with Crippen LogP contribution in [-0.4, -0.2) is 20.7 Å². The van der Waals surface area contributed by atoms with Crippen LogP contribution in [0.1, 0.15) is 35.4 Å². The second kappa shape index (κ2) is 7.60. The maximum Gasteiger partial charge on any atom is 0.256 e. The number of anilines is 1. The number of nitrogens with one attached hydrogen (secondary N) is 1. The Morgan fingerprint density at radius 3 is 2.85 bits per heavy atom. The second-order valence-electron chi connectivity index (χ2n) is 6.56. The molecule has 0 radical (unpaired) electrons. The van der Waals surface area contributed by atoms with Crippen molar-refractivity contribution in [1.82, 2.24) is 14.8 Å². The van der Waals surface area contributed by atoms with Crippen LogP contribution >= 0.6 is 15.9 Å². The van der Waals surface area contributed by atoms with E-state index in [9.17, 15) is 9.18 Å². The van der Waals surface area contributed by atoms with E-state index >= 15 is 0 Å². The van der Waals surface area contributed by atoms with Gasteiger partial charge in [-0.3, -0.25) is 4.79 Å². The van der Waals surface area contributed by atoms with Gasteiger partial charge in [0.2, 0.25) is 0 Å². The van der Waals surface area contributed by atoms with E-state index in [0.29, 0.717) is 15.7 Å². The Kier molecular flexibility index (Phi) is 5.03. The molecule has 1 N–H and O–H groups in total. The lowest BCUT2D eigenvalue weighted by Gasteiger charge is -2.10. The number of carbonyl (C=O) groups is 1. The van der Waals surface area contributed by atoms with Crippen LogP contribution in [0, 0.1) is 5.82 Å². The predicted molar refractivity (Wildman–Crippen MR) is 105 cm³/mol. The van der Waals surface area contributed by atoms with Crippen molar-refractivity contribution >= 4 is 27.5 Å². The van der Waals surface area contributed by atoms with Crippen LogP contribution in [0.25, 0.3) is 11.4 Å². The maximum atomic E-state index is 13.2. The molecule has 0 spiro atoms. The van der Waals surface area contributed by atoms with Gasteiger partial charge in [0.05, 0.1) is 5.56 Å². The van der Waals surface area contributed by atoms with Crippen molar-refractivity contribution in [2.75, 3.05) is 5.32 Å². The highest BCUT2D eigenvalue weighted by molar-refractivity contribution is 9.10. The van der Waals surface area contributed by atoms with Crippen LogP contribution in [0.2, 0.25) is 0 Å². The van der Waals surface area contributed by atoms with Crippen molar-refractivity contribution in [3.8, 4) is 11.4 Å². The van der Waals surface area contributed by atoms with Gasteiger partial charge in [-0.2, -0.15) is 0 Å². The number of amides is 1. The number of hydrogen-bond acceptors (Lipinski definition) is 3. The van der Waals surface area contributed by atoms with Crippen molar-refractivity contribution in [2.45, 2.75) is 32.2 Å². The van der Waals surface area contributed by atoms with E-state index < -0.39 is 5.82 Å². The fraction of sp³-hybridized carbons (Fsp3) is 0.250.